The summed E-state index contributed by atoms with van der Waals surface area (Å²) in [5.41, 5.74) is 1.76. The van der Waals surface area contributed by atoms with E-state index < -0.39 is 33.5 Å². The molecule has 2 aliphatic heterocycles. The SMILES string of the molecule is CC(C)(C)OC(=O)N1Cc2cc(S(C)(=O)=O)ccc2[C@@H]1C(=O)Nc1cnc(N2CCC[C@@H]2c2cccc(Cl)c2)nc1. The van der Waals surface area contributed by atoms with Crippen LogP contribution >= 0.6 is 11.6 Å². The number of rotatable bonds is 5. The lowest BCUT2D eigenvalue weighted by atomic mass is 10.0. The molecule has 1 aromatic heterocycles. The number of ether oxygens (including phenoxy) is 1. The lowest BCUT2D eigenvalue weighted by Gasteiger charge is -2.28. The van der Waals surface area contributed by atoms with E-state index in [2.05, 4.69) is 20.2 Å². The predicted molar refractivity (Wildman–Crippen MR) is 156 cm³/mol. The summed E-state index contributed by atoms with van der Waals surface area (Å²) in [7, 11) is -3.47. The summed E-state index contributed by atoms with van der Waals surface area (Å²) in [6, 6.07) is 11.3. The quantitative estimate of drug-likeness (QED) is 0.420. The van der Waals surface area contributed by atoms with Crippen LogP contribution in [0.4, 0.5) is 16.4 Å². The van der Waals surface area contributed by atoms with E-state index in [9.17, 15) is 18.0 Å². The molecule has 0 spiro atoms. The first-order valence-corrected chi connectivity index (χ1v) is 15.5. The Balaban J connectivity index is 1.37. The molecule has 5 rings (SSSR count). The summed E-state index contributed by atoms with van der Waals surface area (Å²) in [6.45, 7) is 6.03. The zero-order valence-electron chi connectivity index (χ0n) is 23.3. The van der Waals surface area contributed by atoms with Gasteiger partial charge in [0.1, 0.15) is 11.6 Å². The Morgan fingerprint density at radius 1 is 1.10 bits per heavy atom. The van der Waals surface area contributed by atoms with Crippen LogP contribution in [-0.2, 0) is 25.9 Å². The van der Waals surface area contributed by atoms with Gasteiger partial charge in [0, 0.05) is 17.8 Å². The number of hydrogen-bond donors (Lipinski definition) is 1. The van der Waals surface area contributed by atoms with Crippen LogP contribution in [0, 0.1) is 0 Å². The molecule has 2 aromatic carbocycles. The maximum absolute atomic E-state index is 13.6. The molecule has 3 heterocycles. The Bertz CT molecular complexity index is 1590. The van der Waals surface area contributed by atoms with E-state index in [4.69, 9.17) is 16.3 Å². The van der Waals surface area contributed by atoms with E-state index >= 15 is 0 Å². The van der Waals surface area contributed by atoms with Gasteiger partial charge in [0.25, 0.3) is 5.91 Å². The smallest absolute Gasteiger partial charge is 0.411 e. The van der Waals surface area contributed by atoms with Crippen molar-refractivity contribution in [3.63, 3.8) is 0 Å². The highest BCUT2D eigenvalue weighted by Crippen LogP contribution is 2.38. The van der Waals surface area contributed by atoms with Crippen molar-refractivity contribution < 1.29 is 22.7 Å². The highest BCUT2D eigenvalue weighted by molar-refractivity contribution is 7.90. The molecule has 41 heavy (non-hydrogen) atoms. The number of nitrogens with one attached hydrogen (secondary N) is 1. The van der Waals surface area contributed by atoms with Gasteiger partial charge in [0.15, 0.2) is 9.84 Å². The van der Waals surface area contributed by atoms with Gasteiger partial charge >= 0.3 is 6.09 Å². The Labute approximate surface area is 244 Å². The molecule has 3 aromatic rings. The molecule has 0 saturated carbocycles. The number of carbonyl (C=O) groups excluding carboxylic acids is 2. The number of sulfone groups is 1. The minimum absolute atomic E-state index is 0.0288. The molecule has 2 atom stereocenters. The van der Waals surface area contributed by atoms with Crippen LogP contribution in [0.1, 0.15) is 62.4 Å². The first-order chi connectivity index (χ1) is 19.3. The third-order valence-corrected chi connectivity index (χ3v) is 8.36. The zero-order chi connectivity index (χ0) is 29.5. The van der Waals surface area contributed by atoms with E-state index in [1.54, 1.807) is 26.8 Å². The number of halogens is 1. The summed E-state index contributed by atoms with van der Waals surface area (Å²) in [5, 5.41) is 3.49. The second-order valence-corrected chi connectivity index (χ2v) is 13.8. The lowest BCUT2D eigenvalue weighted by molar-refractivity contribution is -0.121. The zero-order valence-corrected chi connectivity index (χ0v) is 24.9. The molecule has 10 nitrogen and oxygen atoms in total. The fraction of sp³-hybridized carbons (Fsp3) is 0.379. The molecule has 1 N–H and O–H groups in total. The number of fused-ring (bicyclic) bond motifs is 1. The summed E-state index contributed by atoms with van der Waals surface area (Å²) in [4.78, 5) is 39.3. The molecule has 1 fully saturated rings. The molecule has 0 radical (unpaired) electrons. The van der Waals surface area contributed by atoms with Crippen LogP contribution in [0.25, 0.3) is 0 Å². The molecular formula is C29H32ClN5O5S. The molecule has 0 aliphatic carbocycles. The monoisotopic (exact) mass is 597 g/mol. The third kappa shape index (κ3) is 6.31. The van der Waals surface area contributed by atoms with Gasteiger partial charge in [-0.3, -0.25) is 9.69 Å². The Kier molecular flexibility index (Phi) is 7.69. The molecule has 0 bridgehead atoms. The van der Waals surface area contributed by atoms with Crippen molar-refractivity contribution in [2.24, 2.45) is 0 Å². The number of aromatic nitrogens is 2. The topological polar surface area (TPSA) is 122 Å². The minimum Gasteiger partial charge on any atom is -0.444 e. The lowest BCUT2D eigenvalue weighted by Crippen LogP contribution is -2.40. The molecule has 216 valence electrons. The molecular weight excluding hydrogens is 566 g/mol. The molecule has 0 unspecified atom stereocenters. The van der Waals surface area contributed by atoms with Crippen molar-refractivity contribution in [3.05, 3.63) is 76.6 Å². The minimum atomic E-state index is -3.47. The van der Waals surface area contributed by atoms with Gasteiger partial charge in [-0.25, -0.2) is 23.2 Å². The van der Waals surface area contributed by atoms with Crippen molar-refractivity contribution in [2.75, 3.05) is 23.0 Å². The molecule has 2 amide bonds. The molecule has 12 heteroatoms. The second kappa shape index (κ2) is 10.9. The third-order valence-electron chi connectivity index (χ3n) is 7.01. The first kappa shape index (κ1) is 28.8. The van der Waals surface area contributed by atoms with Crippen LogP contribution in [0.5, 0.6) is 0 Å². The summed E-state index contributed by atoms with van der Waals surface area (Å²) in [5.74, 6) is 0.0522. The summed E-state index contributed by atoms with van der Waals surface area (Å²) < 4.78 is 29.8. The average Bonchev–Trinajstić information content (AvgIpc) is 3.53. The van der Waals surface area contributed by atoms with Gasteiger partial charge in [-0.2, -0.15) is 0 Å². The molecule has 1 saturated heterocycles. The largest absolute Gasteiger partial charge is 0.444 e. The van der Waals surface area contributed by atoms with E-state index in [-0.39, 0.29) is 17.5 Å². The normalized spacial score (nSPS) is 18.8. The maximum atomic E-state index is 13.6. The number of nitrogens with zero attached hydrogens (tertiary/aromatic N) is 4. The van der Waals surface area contributed by atoms with E-state index in [0.29, 0.717) is 27.8 Å². The number of benzene rings is 2. The Morgan fingerprint density at radius 2 is 1.83 bits per heavy atom. The standard InChI is InChI=1S/C29H32ClN5O5S/c1-29(2,3)40-28(37)35-17-19-14-22(41(4,38)39)10-11-23(19)25(35)26(36)33-21-15-31-27(32-16-21)34-12-6-9-24(34)18-7-5-8-20(30)13-18/h5,7-8,10-11,13-16,24-25H,6,9,12,17H2,1-4H3,(H,33,36)/t24-,25-/m1/s1. The van der Waals surface area contributed by atoms with Crippen molar-refractivity contribution in [2.45, 2.75) is 62.7 Å². The van der Waals surface area contributed by atoms with Gasteiger partial charge < -0.3 is 15.0 Å². The summed E-state index contributed by atoms with van der Waals surface area (Å²) in [6.07, 6.45) is 5.44. The van der Waals surface area contributed by atoms with E-state index in [1.165, 1.54) is 29.4 Å². The number of carbonyl (C=O) groups is 2. The summed E-state index contributed by atoms with van der Waals surface area (Å²) >= 11 is 6.21. The van der Waals surface area contributed by atoms with Crippen molar-refractivity contribution in [3.8, 4) is 0 Å². The molecule has 2 aliphatic rings. The fourth-order valence-corrected chi connectivity index (χ4v) is 6.11. The van der Waals surface area contributed by atoms with Gasteiger partial charge in [0.05, 0.1) is 35.6 Å². The van der Waals surface area contributed by atoms with Crippen molar-refractivity contribution in [1.29, 1.82) is 0 Å². The van der Waals surface area contributed by atoms with Crippen LogP contribution < -0.4 is 10.2 Å². The Hall–Kier alpha value is -3.70. The highest BCUT2D eigenvalue weighted by Gasteiger charge is 2.41. The number of anilines is 2. The maximum Gasteiger partial charge on any atom is 0.411 e. The van der Waals surface area contributed by atoms with Gasteiger partial charge in [-0.1, -0.05) is 29.8 Å². The van der Waals surface area contributed by atoms with Gasteiger partial charge in [-0.15, -0.1) is 0 Å². The van der Waals surface area contributed by atoms with Crippen molar-refractivity contribution in [1.82, 2.24) is 14.9 Å². The van der Waals surface area contributed by atoms with E-state index in [1.807, 2.05) is 24.3 Å². The van der Waals surface area contributed by atoms with Crippen LogP contribution in [0.15, 0.2) is 59.8 Å². The van der Waals surface area contributed by atoms with Crippen LogP contribution in [0.2, 0.25) is 5.02 Å². The van der Waals surface area contributed by atoms with E-state index in [0.717, 1.165) is 31.2 Å². The fourth-order valence-electron chi connectivity index (χ4n) is 5.24. The Morgan fingerprint density at radius 3 is 2.49 bits per heavy atom. The van der Waals surface area contributed by atoms with Gasteiger partial charge in [0.2, 0.25) is 5.95 Å². The first-order valence-electron chi connectivity index (χ1n) is 13.3. The average molecular weight is 598 g/mol. The highest BCUT2D eigenvalue weighted by atomic mass is 35.5. The van der Waals surface area contributed by atoms with Gasteiger partial charge in [-0.05, 0) is 74.6 Å². The van der Waals surface area contributed by atoms with Crippen LogP contribution in [-0.4, -0.2) is 53.7 Å². The van der Waals surface area contributed by atoms with Crippen molar-refractivity contribution >= 4 is 45.1 Å². The predicted octanol–water partition coefficient (Wildman–Crippen LogP) is 5.31. The number of hydrogen-bond acceptors (Lipinski definition) is 8. The number of amides is 2. The van der Waals surface area contributed by atoms with Crippen LogP contribution in [0.3, 0.4) is 0 Å². The second-order valence-electron chi connectivity index (χ2n) is 11.3.